The third-order valence-electron chi connectivity index (χ3n) is 7.28. The number of aromatic nitrogens is 1. The van der Waals surface area contributed by atoms with Gasteiger partial charge in [0.1, 0.15) is 17.6 Å². The Morgan fingerprint density at radius 1 is 1.08 bits per heavy atom. The highest BCUT2D eigenvalue weighted by molar-refractivity contribution is 6.03. The zero-order chi connectivity index (χ0) is 27.6. The highest BCUT2D eigenvalue weighted by atomic mass is 16.5. The van der Waals surface area contributed by atoms with E-state index in [2.05, 4.69) is 20.1 Å². The highest BCUT2D eigenvalue weighted by Crippen LogP contribution is 2.19. The Hall–Kier alpha value is -3.79. The topological polar surface area (TPSA) is 112 Å². The number of imide groups is 1. The number of anilines is 1. The Labute approximate surface area is 229 Å². The van der Waals surface area contributed by atoms with Crippen LogP contribution in [-0.4, -0.2) is 90.7 Å². The van der Waals surface area contributed by atoms with Gasteiger partial charge in [0.15, 0.2) is 6.29 Å². The molecule has 208 valence electrons. The molecular weight excluding hydrogens is 498 g/mol. The average molecular weight is 536 g/mol. The van der Waals surface area contributed by atoms with E-state index in [9.17, 15) is 19.2 Å². The number of nitrogens with zero attached hydrogens (tertiary/aromatic N) is 4. The average Bonchev–Trinajstić information content (AvgIpc) is 2.97. The van der Waals surface area contributed by atoms with E-state index >= 15 is 0 Å². The van der Waals surface area contributed by atoms with Gasteiger partial charge in [-0.15, -0.1) is 0 Å². The van der Waals surface area contributed by atoms with Gasteiger partial charge in [0, 0.05) is 56.5 Å². The summed E-state index contributed by atoms with van der Waals surface area (Å²) >= 11 is 0. The van der Waals surface area contributed by atoms with Crippen molar-refractivity contribution in [3.8, 4) is 5.75 Å². The van der Waals surface area contributed by atoms with Crippen LogP contribution in [0.25, 0.3) is 0 Å². The predicted octanol–water partition coefficient (Wildman–Crippen LogP) is 2.53. The predicted molar refractivity (Wildman–Crippen MR) is 147 cm³/mol. The summed E-state index contributed by atoms with van der Waals surface area (Å²) in [5.41, 5.74) is 1.08. The van der Waals surface area contributed by atoms with Gasteiger partial charge in [0.05, 0.1) is 6.61 Å². The zero-order valence-corrected chi connectivity index (χ0v) is 22.5. The number of aldehydes is 1. The third-order valence-corrected chi connectivity index (χ3v) is 7.28. The molecule has 0 saturated carbocycles. The first kappa shape index (κ1) is 28.2. The lowest BCUT2D eigenvalue weighted by molar-refractivity contribution is -0.136. The summed E-state index contributed by atoms with van der Waals surface area (Å²) in [4.78, 5) is 58.1. The molecule has 2 aliphatic rings. The van der Waals surface area contributed by atoms with Crippen LogP contribution in [0.3, 0.4) is 0 Å². The van der Waals surface area contributed by atoms with Crippen LogP contribution in [0.2, 0.25) is 0 Å². The molecule has 3 amide bonds. The molecule has 1 aromatic heterocycles. The van der Waals surface area contributed by atoms with E-state index in [1.54, 1.807) is 30.5 Å². The van der Waals surface area contributed by atoms with Crippen molar-refractivity contribution in [3.05, 3.63) is 53.7 Å². The number of piperidine rings is 1. The molecule has 10 nitrogen and oxygen atoms in total. The van der Waals surface area contributed by atoms with Gasteiger partial charge in [-0.3, -0.25) is 29.4 Å². The van der Waals surface area contributed by atoms with Crippen LogP contribution in [0.1, 0.15) is 59.7 Å². The van der Waals surface area contributed by atoms with E-state index in [1.807, 2.05) is 19.1 Å². The lowest BCUT2D eigenvalue weighted by Gasteiger charge is -2.35. The summed E-state index contributed by atoms with van der Waals surface area (Å²) in [5.74, 6) is 0.695. The summed E-state index contributed by atoms with van der Waals surface area (Å²) in [6, 6.07) is 10.1. The number of hydrogen-bond acceptors (Lipinski definition) is 8. The van der Waals surface area contributed by atoms with E-state index in [1.165, 1.54) is 4.90 Å². The summed E-state index contributed by atoms with van der Waals surface area (Å²) in [5, 5.41) is 2.32. The van der Waals surface area contributed by atoms with Crippen LogP contribution in [0.15, 0.2) is 42.6 Å². The number of amides is 3. The number of pyridine rings is 1. The molecule has 2 aliphatic heterocycles. The number of benzene rings is 1. The normalized spacial score (nSPS) is 18.0. The summed E-state index contributed by atoms with van der Waals surface area (Å²) < 4.78 is 5.87. The quantitative estimate of drug-likeness (QED) is 0.251. The van der Waals surface area contributed by atoms with E-state index < -0.39 is 11.9 Å². The Morgan fingerprint density at radius 3 is 2.49 bits per heavy atom. The maximum absolute atomic E-state index is 13.0. The van der Waals surface area contributed by atoms with Crippen molar-refractivity contribution in [2.45, 2.75) is 45.1 Å². The molecule has 1 N–H and O–H groups in total. The van der Waals surface area contributed by atoms with Gasteiger partial charge in [-0.05, 0) is 75.5 Å². The second-order valence-electron chi connectivity index (χ2n) is 9.89. The molecule has 39 heavy (non-hydrogen) atoms. The SMILES string of the molecule is CCN(C(=O)c1ccc(OCCCCCN2CCN(c3ccc(C=O)cn3)CC2)cc1)C1CCC(=O)NC1=O. The summed E-state index contributed by atoms with van der Waals surface area (Å²) in [7, 11) is 0. The first-order valence-electron chi connectivity index (χ1n) is 13.7. The first-order chi connectivity index (χ1) is 19.0. The molecule has 0 radical (unpaired) electrons. The van der Waals surface area contributed by atoms with E-state index in [-0.39, 0.29) is 18.2 Å². The van der Waals surface area contributed by atoms with Gasteiger partial charge >= 0.3 is 0 Å². The molecule has 2 aromatic rings. The Bertz CT molecular complexity index is 1130. The van der Waals surface area contributed by atoms with Crippen LogP contribution in [0.4, 0.5) is 5.82 Å². The molecule has 4 rings (SSSR count). The minimum Gasteiger partial charge on any atom is -0.494 e. The molecule has 3 heterocycles. The van der Waals surface area contributed by atoms with Crippen molar-refractivity contribution in [3.63, 3.8) is 0 Å². The fourth-order valence-corrected chi connectivity index (χ4v) is 5.00. The molecule has 2 fully saturated rings. The molecule has 0 spiro atoms. The Balaban J connectivity index is 1.12. The second-order valence-corrected chi connectivity index (χ2v) is 9.89. The van der Waals surface area contributed by atoms with Gasteiger partial charge in [-0.2, -0.15) is 0 Å². The number of hydrogen-bond donors (Lipinski definition) is 1. The second kappa shape index (κ2) is 13.8. The number of rotatable bonds is 12. The van der Waals surface area contributed by atoms with E-state index in [0.29, 0.717) is 36.4 Å². The lowest BCUT2D eigenvalue weighted by Crippen LogP contribution is -2.54. The van der Waals surface area contributed by atoms with Crippen LogP contribution < -0.4 is 15.0 Å². The Kier molecular flexibility index (Phi) is 10.0. The van der Waals surface area contributed by atoms with Gasteiger partial charge in [0.2, 0.25) is 11.8 Å². The number of piperazine rings is 1. The number of nitrogens with one attached hydrogen (secondary N) is 1. The number of likely N-dealkylation sites (N-methyl/N-ethyl adjacent to an activating group) is 1. The lowest BCUT2D eigenvalue weighted by atomic mass is 10.0. The van der Waals surface area contributed by atoms with Crippen LogP contribution in [0, 0.1) is 0 Å². The van der Waals surface area contributed by atoms with E-state index in [0.717, 1.165) is 64.1 Å². The first-order valence-corrected chi connectivity index (χ1v) is 13.7. The molecule has 10 heteroatoms. The van der Waals surface area contributed by atoms with Crippen molar-refractivity contribution >= 4 is 29.8 Å². The zero-order valence-electron chi connectivity index (χ0n) is 22.5. The minimum absolute atomic E-state index is 0.230. The maximum atomic E-state index is 13.0. The molecular formula is C29H37N5O5. The monoisotopic (exact) mass is 535 g/mol. The van der Waals surface area contributed by atoms with Crippen LogP contribution >= 0.6 is 0 Å². The van der Waals surface area contributed by atoms with Crippen molar-refractivity contribution in [2.75, 3.05) is 50.8 Å². The molecule has 1 unspecified atom stereocenters. The van der Waals surface area contributed by atoms with Crippen molar-refractivity contribution in [1.82, 2.24) is 20.1 Å². The smallest absolute Gasteiger partial charge is 0.254 e. The molecule has 1 atom stereocenters. The molecule has 0 bridgehead atoms. The molecule has 1 aromatic carbocycles. The van der Waals surface area contributed by atoms with Crippen molar-refractivity contribution in [1.29, 1.82) is 0 Å². The minimum atomic E-state index is -0.626. The van der Waals surface area contributed by atoms with Crippen LogP contribution in [0.5, 0.6) is 5.75 Å². The van der Waals surface area contributed by atoms with Crippen molar-refractivity contribution < 1.29 is 23.9 Å². The largest absolute Gasteiger partial charge is 0.494 e. The number of carbonyl (C=O) groups excluding carboxylic acids is 4. The van der Waals surface area contributed by atoms with Crippen molar-refractivity contribution in [2.24, 2.45) is 0 Å². The van der Waals surface area contributed by atoms with Gasteiger partial charge < -0.3 is 14.5 Å². The van der Waals surface area contributed by atoms with E-state index in [4.69, 9.17) is 4.74 Å². The summed E-state index contributed by atoms with van der Waals surface area (Å²) in [6.07, 6.45) is 6.14. The highest BCUT2D eigenvalue weighted by Gasteiger charge is 2.33. The Morgan fingerprint density at radius 2 is 1.85 bits per heavy atom. The number of ether oxygens (including phenoxy) is 1. The van der Waals surface area contributed by atoms with Crippen LogP contribution in [-0.2, 0) is 9.59 Å². The molecule has 0 aliphatic carbocycles. The standard InChI is InChI=1S/C29H37N5O5/c1-2-34(25-11-13-27(36)31-28(25)37)29(38)23-7-9-24(10-8-23)39-19-5-3-4-14-32-15-17-33(18-16-32)26-12-6-22(21-35)20-30-26/h6-10,12,20-21,25H,2-5,11,13-19H2,1H3,(H,31,36,37). The fourth-order valence-electron chi connectivity index (χ4n) is 5.00. The summed E-state index contributed by atoms with van der Waals surface area (Å²) in [6.45, 7) is 7.73. The van der Waals surface area contributed by atoms with Gasteiger partial charge in [0.25, 0.3) is 5.91 Å². The van der Waals surface area contributed by atoms with Gasteiger partial charge in [-0.1, -0.05) is 0 Å². The number of unbranched alkanes of at least 4 members (excludes halogenated alkanes) is 2. The molecule has 2 saturated heterocycles. The maximum Gasteiger partial charge on any atom is 0.254 e. The third kappa shape index (κ3) is 7.63. The van der Waals surface area contributed by atoms with Gasteiger partial charge in [-0.25, -0.2) is 4.98 Å². The fraction of sp³-hybridized carbons (Fsp3) is 0.483. The number of carbonyl (C=O) groups is 4.